The molecule has 60 heteroatoms. The summed E-state index contributed by atoms with van der Waals surface area (Å²) >= 11 is 0. The molecule has 142 heavy (non-hydrogen) atoms. The zero-order chi connectivity index (χ0) is 105. The minimum atomic E-state index is -4.44. The Hall–Kier alpha value is -12.3. The van der Waals surface area contributed by atoms with Gasteiger partial charge in [-0.1, -0.05) is 19.3 Å². The monoisotopic (exact) mass is 2060 g/mol. The number of nitrogens with zero attached hydrogens (tertiary/aromatic N) is 12. The highest BCUT2D eigenvalue weighted by Crippen LogP contribution is 2.57. The normalized spacial score (nSPS) is 19.5. The van der Waals surface area contributed by atoms with Crippen molar-refractivity contribution in [3.63, 3.8) is 0 Å². The fourth-order valence-corrected chi connectivity index (χ4v) is 20.4. The van der Waals surface area contributed by atoms with Crippen molar-refractivity contribution in [2.24, 2.45) is 28.7 Å². The third-order valence-corrected chi connectivity index (χ3v) is 30.5. The van der Waals surface area contributed by atoms with Crippen LogP contribution >= 0.6 is 22.9 Å². The number of carbonyl (C=O) groups excluding carboxylic acids is 8. The number of H-pyrrole nitrogens is 2. The lowest BCUT2D eigenvalue weighted by molar-refractivity contribution is -0.158. The molecule has 3 fully saturated rings. The molecule has 0 aliphatic carbocycles. The molecule has 0 radical (unpaired) electrons. The Morgan fingerprint density at radius 1 is 0.472 bits per heavy atom. The van der Waals surface area contributed by atoms with Crippen LogP contribution < -0.4 is 110 Å². The number of ether oxygens (including phenoxy) is 3. The minimum absolute atomic E-state index is 0.0153. The molecule has 57 nitrogen and oxygen atoms in total. The molecule has 15 atom stereocenters. The number of anilines is 2. The first-order valence-corrected chi connectivity index (χ1v) is 51.4. The molecule has 8 rings (SSSR count). The Morgan fingerprint density at radius 3 is 1.29 bits per heavy atom. The second kappa shape index (κ2) is 54.3. The van der Waals surface area contributed by atoms with Gasteiger partial charge in [0.1, 0.15) is 66.4 Å². The van der Waals surface area contributed by atoms with Gasteiger partial charge in [-0.05, 0) is 138 Å². The SMILES string of the molecule is CC(=N)NCCCC(NC(C)=O)C(=O)NC(CCCCC(=N)N)C(=O)NC(CCCNC(=N)N)C(=O)NC(CCCCC(=N)N)C(=O)NC(CCCNC(=N)N)C(=O)NC(CCCCC(=N)N)C(=O)NCC(=O)N1C[C@@H](COP(=O)(N(C)C)N2C[C@@H](COP(=O)(N(C)C)N3C[C@@H](COP(C)(=O)N(C)C)O[C@@H](n4ccc(=O)[nH]c4=O)C3)O[C@@H](n3ccc4c(N)ncnc43)C2)O[C@@H](n2ccc3c(=O)[nH]c(N)nc32)C1. The summed E-state index contributed by atoms with van der Waals surface area (Å²) < 4.78 is 96.0. The summed E-state index contributed by atoms with van der Waals surface area (Å²) in [5.74, 6) is -8.04. The molecule has 32 N–H and O–H groups in total. The van der Waals surface area contributed by atoms with Crippen LogP contribution in [-0.2, 0) is 79.8 Å². The number of morpholine rings is 3. The summed E-state index contributed by atoms with van der Waals surface area (Å²) in [6.07, 6.45) is -0.103. The number of aromatic nitrogens is 8. The van der Waals surface area contributed by atoms with Gasteiger partial charge >= 0.3 is 21.0 Å². The fourth-order valence-electron chi connectivity index (χ4n) is 15.8. The van der Waals surface area contributed by atoms with Crippen molar-refractivity contribution in [3.05, 3.63) is 74.3 Å². The summed E-state index contributed by atoms with van der Waals surface area (Å²) in [6.45, 7) is 0.710. The van der Waals surface area contributed by atoms with Crippen LogP contribution in [0.3, 0.4) is 0 Å². The predicted molar refractivity (Wildman–Crippen MR) is 527 cm³/mol. The van der Waals surface area contributed by atoms with Gasteiger partial charge in [0.15, 0.2) is 30.0 Å². The maximum atomic E-state index is 16.4. The highest BCUT2D eigenvalue weighted by molar-refractivity contribution is 7.55. The third kappa shape index (κ3) is 34.5. The number of aromatic amines is 2. The molecule has 8 heterocycles. The van der Waals surface area contributed by atoms with Crippen molar-refractivity contribution in [1.82, 2.24) is 120 Å². The summed E-state index contributed by atoms with van der Waals surface area (Å²) in [5, 5.41) is 74.4. The Kier molecular flexibility index (Phi) is 44.0. The molecule has 5 aromatic rings. The van der Waals surface area contributed by atoms with E-state index in [1.54, 1.807) is 30.9 Å². The van der Waals surface area contributed by atoms with Crippen LogP contribution in [0.4, 0.5) is 11.8 Å². The molecule has 0 spiro atoms. The predicted octanol–water partition coefficient (Wildman–Crippen LogP) is -2.79. The van der Waals surface area contributed by atoms with E-state index in [1.807, 2.05) is 0 Å². The van der Waals surface area contributed by atoms with Gasteiger partial charge < -0.3 is 135 Å². The largest absolute Gasteiger partial charge is 0.388 e. The Labute approximate surface area is 819 Å². The summed E-state index contributed by atoms with van der Waals surface area (Å²) in [4.78, 5) is 175. The second-order valence-electron chi connectivity index (χ2n) is 35.3. The maximum absolute atomic E-state index is 16.4. The Morgan fingerprint density at radius 2 is 0.866 bits per heavy atom. The maximum Gasteiger partial charge on any atom is 0.345 e. The second-order valence-corrected chi connectivity index (χ2v) is 43.2. The molecular formula is C82H140N37O20P3. The van der Waals surface area contributed by atoms with Gasteiger partial charge in [0.05, 0.1) is 92.3 Å². The highest BCUT2D eigenvalue weighted by Gasteiger charge is 2.48. The van der Waals surface area contributed by atoms with Crippen molar-refractivity contribution in [3.8, 4) is 0 Å². The lowest BCUT2D eigenvalue weighted by atomic mass is 10.0. The molecule has 0 bridgehead atoms. The van der Waals surface area contributed by atoms with Crippen molar-refractivity contribution in [2.45, 2.75) is 203 Å². The van der Waals surface area contributed by atoms with Crippen molar-refractivity contribution >= 4 is 139 Å². The molecule has 3 aliphatic heterocycles. The van der Waals surface area contributed by atoms with Crippen LogP contribution in [0.15, 0.2) is 57.5 Å². The number of nitrogens with one attached hydrogen (secondary N) is 18. The minimum Gasteiger partial charge on any atom is -0.388 e. The lowest BCUT2D eigenvalue weighted by Crippen LogP contribution is -2.60. The zero-order valence-electron chi connectivity index (χ0n) is 81.3. The average Bonchev–Trinajstić information content (AvgIpc) is 1.45. The number of carbonyl (C=O) groups is 8. The van der Waals surface area contributed by atoms with Crippen LogP contribution in [0.25, 0.3) is 22.1 Å². The van der Waals surface area contributed by atoms with E-state index in [0.29, 0.717) is 23.9 Å². The molecule has 0 aromatic carbocycles. The molecule has 9 unspecified atom stereocenters. The summed E-state index contributed by atoms with van der Waals surface area (Å²) in [6, 6.07) is -4.43. The zero-order valence-corrected chi connectivity index (χ0v) is 84.0. The van der Waals surface area contributed by atoms with Crippen LogP contribution in [0.1, 0.15) is 148 Å². The molecule has 5 aromatic heterocycles. The van der Waals surface area contributed by atoms with Crippen molar-refractivity contribution in [2.75, 3.05) is 146 Å². The molecule has 3 saturated heterocycles. The van der Waals surface area contributed by atoms with Gasteiger partial charge in [-0.15, -0.1) is 0 Å². The number of guanidine groups is 2. The van der Waals surface area contributed by atoms with Gasteiger partial charge in [-0.2, -0.15) is 4.98 Å². The van der Waals surface area contributed by atoms with E-state index in [1.165, 1.54) is 106 Å². The molecule has 8 amide bonds. The first-order chi connectivity index (χ1) is 67.0. The number of unbranched alkanes of at least 4 members (excludes halogenated alkanes) is 3. The highest BCUT2D eigenvalue weighted by atomic mass is 31.2. The number of amidine groups is 4. The number of hydrogen-bond acceptors (Lipinski definition) is 31. The van der Waals surface area contributed by atoms with Crippen LogP contribution in [-0.4, -0.2) is 338 Å². The lowest BCUT2D eigenvalue weighted by Gasteiger charge is -2.45. The first-order valence-electron chi connectivity index (χ1n) is 46.3. The average molecular weight is 2060 g/mol. The standard InChI is InChI=1S/C82H140N37O20P3/c1-48(83)96-31-16-22-56(102-49(2)120)74(125)104-57(20-11-14-26-62(86)87)75(126)107-60(24-18-33-98-80(93)94)78(129)105-58(21-12-15-27-63(88)89)76(127)106-59(23-17-32-97-79(91)92)77(128)103-55(19-10-13-25-61(84)85)73(124)99-37-65(122)114-38-50(137-66(41-114)118-35-29-54-71(118)109-81(95)110-72(54)123)45-135-141(132,112(5)6)115-40-52(138-67(42-115)117-34-28-53-69(90)100-47-101-70(53)117)46-136-142(133,113(7)8)116-39-51(44-134-140(9,131)111(3)4)139-68(43-116)119-36-30-64(121)108-82(119)130/h28-30,34-36,47,50-52,55-60,66-68H,10-27,31-33,37-46H2,1-9H3,(H2,83,96)(H3,84,85)(H3,86,87)(H3,88,89)(H,99,124)(H,102,120)(H,103,128)(H,104,125)(H,105,129)(H,106,127)(H,107,126)(H2,90,100,101)(H4,91,92,97)(H4,93,94,98)(H,108,121,130)(H3,95,109,110,123)/t50-,51-,52-,55?,56?,57?,58?,59?,60?,66+,67+,68+,140?,141?,142?/m0/s1. The number of rotatable bonds is 58. The van der Waals surface area contributed by atoms with Crippen LogP contribution in [0.5, 0.6) is 0 Å². The van der Waals surface area contributed by atoms with E-state index in [4.69, 9.17) is 100 Å². The number of fused-ring (bicyclic) bond motifs is 2. The Bertz CT molecular complexity index is 5600. The van der Waals surface area contributed by atoms with Gasteiger partial charge in [0.2, 0.25) is 53.2 Å². The number of nitrogens with two attached hydrogens (primary N) is 7. The van der Waals surface area contributed by atoms with Gasteiger partial charge in [0.25, 0.3) is 18.6 Å². The van der Waals surface area contributed by atoms with Crippen molar-refractivity contribution in [1.29, 1.82) is 32.5 Å². The van der Waals surface area contributed by atoms with Gasteiger partial charge in [-0.3, -0.25) is 109 Å². The smallest absolute Gasteiger partial charge is 0.345 e. The number of amides is 8. The quantitative estimate of drug-likeness (QED) is 0.00810. The molecule has 3 aliphatic rings. The molecule has 0 saturated carbocycles. The number of nitrogen functional groups attached to an aromatic ring is 2. The van der Waals surface area contributed by atoms with Gasteiger partial charge in [-0.25, -0.2) is 38.1 Å². The van der Waals surface area contributed by atoms with Crippen molar-refractivity contribution < 1.29 is 79.8 Å². The van der Waals surface area contributed by atoms with Crippen LogP contribution in [0.2, 0.25) is 0 Å². The van der Waals surface area contributed by atoms with E-state index < -0.39 is 192 Å². The van der Waals surface area contributed by atoms with E-state index in [2.05, 4.69) is 78.1 Å². The number of hydrogen-bond donors (Lipinski definition) is 25. The van der Waals surface area contributed by atoms with E-state index in [0.717, 1.165) is 10.6 Å². The van der Waals surface area contributed by atoms with Gasteiger partial charge in [0, 0.05) is 96.8 Å². The topological polar surface area (TPSA) is 844 Å². The first kappa shape index (κ1) is 115. The van der Waals surface area contributed by atoms with Crippen LogP contribution in [0, 0.1) is 32.5 Å². The molecule has 788 valence electrons. The Balaban J connectivity index is 1.06. The fraction of sp³-hybridized carbons (Fsp3) is 0.634. The van der Waals surface area contributed by atoms with E-state index >= 15 is 23.5 Å². The van der Waals surface area contributed by atoms with E-state index in [-0.39, 0.29) is 214 Å². The molecular weight excluding hydrogens is 1920 g/mol. The summed E-state index contributed by atoms with van der Waals surface area (Å²) in [5.41, 5.74) is 39.0. The van der Waals surface area contributed by atoms with E-state index in [9.17, 15) is 42.9 Å². The third-order valence-electron chi connectivity index (χ3n) is 23.4. The summed E-state index contributed by atoms with van der Waals surface area (Å²) in [7, 11) is -3.03.